The van der Waals surface area contributed by atoms with Crippen molar-refractivity contribution < 1.29 is 17.6 Å². The fourth-order valence-electron chi connectivity index (χ4n) is 4.99. The lowest BCUT2D eigenvalue weighted by Gasteiger charge is -2.29. The first-order valence-electron chi connectivity index (χ1n) is 12.5. The maximum absolute atomic E-state index is 15.7. The summed E-state index contributed by atoms with van der Waals surface area (Å²) in [6.07, 6.45) is 4.32. The van der Waals surface area contributed by atoms with Gasteiger partial charge >= 0.3 is 5.69 Å². The summed E-state index contributed by atoms with van der Waals surface area (Å²) < 4.78 is 60.3. The molecular weight excluding hydrogens is 536 g/mol. The van der Waals surface area contributed by atoms with Gasteiger partial charge in [0, 0.05) is 19.3 Å². The molecule has 0 bridgehead atoms. The van der Waals surface area contributed by atoms with Gasteiger partial charge in [-0.3, -0.25) is 4.98 Å². The third-order valence-corrected chi connectivity index (χ3v) is 7.29. The van der Waals surface area contributed by atoms with E-state index in [-0.39, 0.29) is 22.8 Å². The van der Waals surface area contributed by atoms with Gasteiger partial charge in [-0.05, 0) is 49.8 Å². The minimum Gasteiger partial charge on any atom is -0.397 e. The number of rotatable bonds is 4. The molecule has 2 N–H and O–H groups in total. The predicted molar refractivity (Wildman–Crippen MR) is 143 cm³/mol. The van der Waals surface area contributed by atoms with Gasteiger partial charge in [-0.15, -0.1) is 0 Å². The van der Waals surface area contributed by atoms with E-state index in [0.29, 0.717) is 30.0 Å². The Kier molecular flexibility index (Phi) is 6.96. The van der Waals surface area contributed by atoms with Crippen LogP contribution in [0.3, 0.4) is 0 Å². The highest BCUT2D eigenvalue weighted by atomic mass is 35.5. The second kappa shape index (κ2) is 10.1. The van der Waals surface area contributed by atoms with E-state index >= 15 is 8.78 Å². The molecule has 0 unspecified atom stereocenters. The standard InChI is InChI=1S/C27H25ClF4N6O/c1-12(2)22-24(13(3)7-8-34-22)38-26-14(25(36-27(38)39)37-9-5-4-6-10-37)11-15(29)23(35-26)16-18(30)20(32)19(31)17(28)21(16)33/h7-8,11-12H,4-6,9-10,33H2,1-3H3. The van der Waals surface area contributed by atoms with Crippen LogP contribution in [0.2, 0.25) is 5.02 Å². The van der Waals surface area contributed by atoms with Crippen LogP contribution in [0.1, 0.15) is 50.3 Å². The Balaban J connectivity index is 1.94. The summed E-state index contributed by atoms with van der Waals surface area (Å²) in [6.45, 7) is 6.76. The van der Waals surface area contributed by atoms with Crippen molar-refractivity contribution in [3.63, 3.8) is 0 Å². The maximum Gasteiger partial charge on any atom is 0.355 e. The summed E-state index contributed by atoms with van der Waals surface area (Å²) in [7, 11) is 0. The average Bonchev–Trinajstić information content (AvgIpc) is 2.92. The number of nitrogens with two attached hydrogens (primary N) is 1. The predicted octanol–water partition coefficient (Wildman–Crippen LogP) is 6.06. The first-order chi connectivity index (χ1) is 18.5. The number of nitrogen functional groups attached to an aromatic ring is 1. The van der Waals surface area contributed by atoms with E-state index in [2.05, 4.69) is 15.0 Å². The van der Waals surface area contributed by atoms with Gasteiger partial charge in [0.2, 0.25) is 0 Å². The van der Waals surface area contributed by atoms with Crippen LogP contribution < -0.4 is 16.3 Å². The molecule has 39 heavy (non-hydrogen) atoms. The molecule has 1 aliphatic heterocycles. The number of anilines is 2. The molecule has 4 heterocycles. The van der Waals surface area contributed by atoms with Gasteiger partial charge in [-0.2, -0.15) is 4.98 Å². The van der Waals surface area contributed by atoms with E-state index < -0.39 is 50.9 Å². The van der Waals surface area contributed by atoms with Gasteiger partial charge in [0.1, 0.15) is 16.5 Å². The number of fused-ring (bicyclic) bond motifs is 1. The van der Waals surface area contributed by atoms with Crippen molar-refractivity contribution in [1.82, 2.24) is 19.5 Å². The zero-order chi connectivity index (χ0) is 28.2. The molecule has 5 rings (SSSR count). The molecule has 0 saturated carbocycles. The van der Waals surface area contributed by atoms with Crippen LogP contribution in [-0.4, -0.2) is 32.6 Å². The van der Waals surface area contributed by atoms with Crippen LogP contribution in [0, 0.1) is 30.2 Å². The number of aryl methyl sites for hydroxylation is 1. The number of benzene rings is 1. The number of hydrogen-bond donors (Lipinski definition) is 1. The normalized spacial score (nSPS) is 14.0. The fraction of sp³-hybridized carbons (Fsp3) is 0.333. The van der Waals surface area contributed by atoms with E-state index in [1.54, 1.807) is 19.2 Å². The molecule has 0 amide bonds. The van der Waals surface area contributed by atoms with Gasteiger partial charge < -0.3 is 10.6 Å². The third kappa shape index (κ3) is 4.38. The van der Waals surface area contributed by atoms with Crippen molar-refractivity contribution in [3.8, 4) is 16.9 Å². The van der Waals surface area contributed by atoms with Crippen LogP contribution in [-0.2, 0) is 0 Å². The smallest absolute Gasteiger partial charge is 0.355 e. The van der Waals surface area contributed by atoms with Crippen LogP contribution in [0.4, 0.5) is 29.1 Å². The van der Waals surface area contributed by atoms with Crippen molar-refractivity contribution in [2.24, 2.45) is 0 Å². The van der Waals surface area contributed by atoms with Gasteiger partial charge in [-0.1, -0.05) is 25.4 Å². The zero-order valence-corrected chi connectivity index (χ0v) is 22.2. The SMILES string of the molecule is Cc1ccnc(C(C)C)c1-n1c(=O)nc(N2CCCCC2)c2cc(F)c(-c3c(N)c(Cl)c(F)c(F)c3F)nc21. The Morgan fingerprint density at radius 1 is 1.03 bits per heavy atom. The van der Waals surface area contributed by atoms with Gasteiger partial charge in [-0.25, -0.2) is 31.9 Å². The molecule has 1 aliphatic rings. The molecule has 4 aromatic rings. The third-order valence-electron chi connectivity index (χ3n) is 6.92. The molecule has 12 heteroatoms. The molecule has 204 valence electrons. The second-order valence-corrected chi connectivity index (χ2v) is 10.2. The molecule has 3 aromatic heterocycles. The van der Waals surface area contributed by atoms with Gasteiger partial charge in [0.15, 0.2) is 28.9 Å². The first kappa shape index (κ1) is 26.9. The molecule has 0 aliphatic carbocycles. The Morgan fingerprint density at radius 2 is 1.72 bits per heavy atom. The summed E-state index contributed by atoms with van der Waals surface area (Å²) >= 11 is 5.80. The number of halogens is 5. The minimum atomic E-state index is -1.92. The Bertz CT molecular complexity index is 1660. The van der Waals surface area contributed by atoms with E-state index in [9.17, 15) is 13.6 Å². The summed E-state index contributed by atoms with van der Waals surface area (Å²) in [5, 5.41) is -0.722. The summed E-state index contributed by atoms with van der Waals surface area (Å²) in [5.41, 5.74) is 4.37. The van der Waals surface area contributed by atoms with Crippen molar-refractivity contribution in [3.05, 3.63) is 68.4 Å². The number of pyridine rings is 2. The maximum atomic E-state index is 15.7. The number of hydrogen-bond acceptors (Lipinski definition) is 6. The number of aromatic nitrogens is 4. The minimum absolute atomic E-state index is 0.0652. The lowest BCUT2D eigenvalue weighted by Crippen LogP contribution is -2.34. The molecule has 0 atom stereocenters. The highest BCUT2D eigenvalue weighted by Crippen LogP contribution is 2.40. The lowest BCUT2D eigenvalue weighted by molar-refractivity contribution is 0.449. The van der Waals surface area contributed by atoms with Crippen LogP contribution in [0.15, 0.2) is 23.1 Å². The topological polar surface area (TPSA) is 89.9 Å². The van der Waals surface area contributed by atoms with Crippen LogP contribution in [0.25, 0.3) is 28.0 Å². The molecular formula is C27H25ClF4N6O. The fourth-order valence-corrected chi connectivity index (χ4v) is 5.17. The molecule has 1 aromatic carbocycles. The summed E-state index contributed by atoms with van der Waals surface area (Å²) in [4.78, 5) is 28.7. The van der Waals surface area contributed by atoms with Gasteiger partial charge in [0.25, 0.3) is 0 Å². The van der Waals surface area contributed by atoms with Crippen molar-refractivity contribution in [2.45, 2.75) is 46.0 Å². The number of piperidine rings is 1. The highest BCUT2D eigenvalue weighted by molar-refractivity contribution is 6.34. The van der Waals surface area contributed by atoms with Crippen molar-refractivity contribution in [2.75, 3.05) is 23.7 Å². The van der Waals surface area contributed by atoms with E-state index in [1.807, 2.05) is 18.7 Å². The lowest BCUT2D eigenvalue weighted by atomic mass is 10.0. The Hall–Kier alpha value is -3.73. The van der Waals surface area contributed by atoms with Crippen molar-refractivity contribution in [1.29, 1.82) is 0 Å². The monoisotopic (exact) mass is 560 g/mol. The van der Waals surface area contributed by atoms with Gasteiger partial charge in [0.05, 0.1) is 28.0 Å². The molecule has 1 saturated heterocycles. The number of nitrogens with zero attached hydrogens (tertiary/aromatic N) is 5. The molecule has 1 fully saturated rings. The van der Waals surface area contributed by atoms with Crippen LogP contribution >= 0.6 is 11.6 Å². The second-order valence-electron chi connectivity index (χ2n) is 9.85. The highest BCUT2D eigenvalue weighted by Gasteiger charge is 2.29. The summed E-state index contributed by atoms with van der Waals surface area (Å²) in [6, 6.07) is 2.76. The van der Waals surface area contributed by atoms with Crippen molar-refractivity contribution >= 4 is 34.1 Å². The van der Waals surface area contributed by atoms with E-state index in [1.165, 1.54) is 4.57 Å². The average molecular weight is 561 g/mol. The zero-order valence-electron chi connectivity index (χ0n) is 21.5. The van der Waals surface area contributed by atoms with E-state index in [0.717, 1.165) is 25.3 Å². The molecule has 7 nitrogen and oxygen atoms in total. The summed E-state index contributed by atoms with van der Waals surface area (Å²) in [5.74, 6) is -6.34. The largest absolute Gasteiger partial charge is 0.397 e. The Labute approximate surface area is 226 Å². The quantitative estimate of drug-likeness (QED) is 0.141. The Morgan fingerprint density at radius 3 is 2.38 bits per heavy atom. The molecule has 0 radical (unpaired) electrons. The van der Waals surface area contributed by atoms with E-state index in [4.69, 9.17) is 17.3 Å². The molecule has 0 spiro atoms. The van der Waals surface area contributed by atoms with Crippen LogP contribution in [0.5, 0.6) is 0 Å². The first-order valence-corrected chi connectivity index (χ1v) is 12.9.